The summed E-state index contributed by atoms with van der Waals surface area (Å²) in [6, 6.07) is 5.00. The highest BCUT2D eigenvalue weighted by Crippen LogP contribution is 2.24. The molecule has 522 valence electrons. The van der Waals surface area contributed by atoms with Crippen molar-refractivity contribution in [2.45, 2.75) is 181 Å². The fourth-order valence-corrected chi connectivity index (χ4v) is 12.2. The van der Waals surface area contributed by atoms with Gasteiger partial charge in [-0.15, -0.1) is 0 Å². The minimum absolute atomic E-state index is 0.0479. The van der Waals surface area contributed by atoms with Crippen molar-refractivity contribution in [2.24, 2.45) is 23.7 Å². The molecule has 2 aliphatic rings. The minimum Gasteiger partial charge on any atom is -0.342 e. The van der Waals surface area contributed by atoms with Crippen LogP contribution in [0.2, 0.25) is 5.02 Å². The van der Waals surface area contributed by atoms with Crippen LogP contribution in [-0.2, 0) is 70.4 Å². The van der Waals surface area contributed by atoms with Gasteiger partial charge in [-0.1, -0.05) is 97.7 Å². The Balaban J connectivity index is 1.89. The van der Waals surface area contributed by atoms with Gasteiger partial charge in [-0.2, -0.15) is 0 Å². The third kappa shape index (κ3) is 22.6. The molecule has 2 saturated heterocycles. The maximum atomic E-state index is 15.1. The zero-order valence-electron chi connectivity index (χ0n) is 58.3. The molecule has 94 heavy (non-hydrogen) atoms. The second-order valence-electron chi connectivity index (χ2n) is 27.3. The fourth-order valence-electron chi connectivity index (χ4n) is 11.4. The van der Waals surface area contributed by atoms with E-state index in [1.54, 1.807) is 48.2 Å². The number of amides is 12. The first-order valence-corrected chi connectivity index (χ1v) is 34.1. The van der Waals surface area contributed by atoms with Crippen molar-refractivity contribution >= 4 is 105 Å². The summed E-state index contributed by atoms with van der Waals surface area (Å²) in [5.74, 6) is -9.10. The van der Waals surface area contributed by atoms with E-state index < -0.39 is 151 Å². The van der Waals surface area contributed by atoms with Gasteiger partial charge < -0.3 is 60.5 Å². The van der Waals surface area contributed by atoms with E-state index >= 15 is 4.79 Å². The Morgan fingerprint density at radius 1 is 0.564 bits per heavy atom. The summed E-state index contributed by atoms with van der Waals surface area (Å²) in [6.07, 6.45) is 2.33. The summed E-state index contributed by atoms with van der Waals surface area (Å²) < 4.78 is 0.842. The molecule has 24 nitrogen and oxygen atoms in total. The third-order valence-electron chi connectivity index (χ3n) is 17.9. The number of rotatable bonds is 13. The second-order valence-corrected chi connectivity index (χ2v) is 29.0. The summed E-state index contributed by atoms with van der Waals surface area (Å²) >= 11 is 8.36. The first-order valence-electron chi connectivity index (χ1n) is 32.7. The Morgan fingerprint density at radius 3 is 1.68 bits per heavy atom. The molecule has 2 fully saturated rings. The number of carbonyl (C=O) groups excluding carboxylic acids is 12. The highest BCUT2D eigenvalue weighted by molar-refractivity contribution is 14.1. The van der Waals surface area contributed by atoms with E-state index in [0.29, 0.717) is 48.5 Å². The largest absolute Gasteiger partial charge is 0.342 e. The van der Waals surface area contributed by atoms with Gasteiger partial charge in [0.05, 0.1) is 26.1 Å². The van der Waals surface area contributed by atoms with E-state index in [-0.39, 0.29) is 49.9 Å². The van der Waals surface area contributed by atoms with Gasteiger partial charge in [0.15, 0.2) is 0 Å². The summed E-state index contributed by atoms with van der Waals surface area (Å²) in [4.78, 5) is 186. The van der Waals surface area contributed by atoms with Gasteiger partial charge in [0.2, 0.25) is 70.9 Å². The number of hydrogen-bond donors (Lipinski definition) is 4. The predicted molar refractivity (Wildman–Crippen MR) is 368 cm³/mol. The van der Waals surface area contributed by atoms with E-state index in [2.05, 4.69) is 43.9 Å². The molecule has 26 heteroatoms. The molecule has 0 spiro atoms. The van der Waals surface area contributed by atoms with Crippen LogP contribution in [-0.4, -0.2) is 240 Å². The number of benzene rings is 2. The SMILES string of the molecule is CC[C@H](C)[C@@H]1NC(=O)[C@H](CC(C)C)N(C)C(=O)C[C@@H](C(=O)N2CCCCC2)N(C)C(=O)[C@H](CC(C)C)NC(=O)C(C)(C)N(C)C(=O)[C@H](CC(C)C)NC(=O)[C@H](Cc2cccc(I)c2)NC(=O)CN(C)C(=O)[C@H](Cc2ccc(Cl)cc2)N(C)C(=O)CN(C)C(=O)CN(C)C1=O. The van der Waals surface area contributed by atoms with Crippen molar-refractivity contribution in [1.82, 2.24) is 60.5 Å². The van der Waals surface area contributed by atoms with Crippen LogP contribution >= 0.6 is 34.2 Å². The fraction of sp³-hybridized carbons (Fsp3) is 0.647. The lowest BCUT2D eigenvalue weighted by molar-refractivity contribution is -0.152. The Labute approximate surface area is 575 Å². The van der Waals surface area contributed by atoms with Crippen LogP contribution in [0, 0.1) is 27.2 Å². The third-order valence-corrected chi connectivity index (χ3v) is 18.8. The summed E-state index contributed by atoms with van der Waals surface area (Å²) in [5, 5.41) is 11.9. The van der Waals surface area contributed by atoms with Gasteiger partial charge in [-0.3, -0.25) is 57.5 Å². The first kappa shape index (κ1) is 79.5. The average molecular weight is 1440 g/mol. The molecule has 0 saturated carbocycles. The van der Waals surface area contributed by atoms with Crippen molar-refractivity contribution in [1.29, 1.82) is 0 Å². The van der Waals surface area contributed by atoms with Crippen LogP contribution in [0.4, 0.5) is 0 Å². The van der Waals surface area contributed by atoms with Gasteiger partial charge in [-0.25, -0.2) is 0 Å². The molecular weight excluding hydrogens is 1340 g/mol. The molecule has 0 radical (unpaired) electrons. The Kier molecular flexibility index (Phi) is 30.7. The monoisotopic (exact) mass is 1440 g/mol. The number of likely N-dealkylation sites (N-methyl/N-ethyl adjacent to an activating group) is 7. The summed E-state index contributed by atoms with van der Waals surface area (Å²) in [5.41, 5.74) is -0.433. The van der Waals surface area contributed by atoms with Crippen LogP contribution in [0.25, 0.3) is 0 Å². The van der Waals surface area contributed by atoms with Crippen molar-refractivity contribution in [3.63, 3.8) is 0 Å². The van der Waals surface area contributed by atoms with E-state index in [4.69, 9.17) is 11.6 Å². The number of hydrogen-bond acceptors (Lipinski definition) is 12. The van der Waals surface area contributed by atoms with Crippen molar-refractivity contribution in [3.8, 4) is 0 Å². The molecule has 8 atom stereocenters. The normalized spacial score (nSPS) is 24.0. The van der Waals surface area contributed by atoms with Crippen LogP contribution in [0.15, 0.2) is 48.5 Å². The molecule has 0 bridgehead atoms. The van der Waals surface area contributed by atoms with Crippen molar-refractivity contribution < 1.29 is 57.5 Å². The number of nitrogens with one attached hydrogen (secondary N) is 4. The van der Waals surface area contributed by atoms with Crippen molar-refractivity contribution in [3.05, 3.63) is 68.3 Å². The van der Waals surface area contributed by atoms with E-state index in [1.165, 1.54) is 82.8 Å². The van der Waals surface area contributed by atoms with Gasteiger partial charge in [0.25, 0.3) is 0 Å². The molecule has 2 heterocycles. The van der Waals surface area contributed by atoms with E-state index in [9.17, 15) is 52.7 Å². The summed E-state index contributed by atoms with van der Waals surface area (Å²) in [6.45, 7) is 16.8. The first-order chi connectivity index (χ1) is 43.9. The molecule has 2 aromatic rings. The Morgan fingerprint density at radius 2 is 1.12 bits per heavy atom. The number of likely N-dealkylation sites (tertiary alicyclic amines) is 1. The maximum absolute atomic E-state index is 15.1. The molecule has 2 aromatic carbocycles. The predicted octanol–water partition coefficient (Wildman–Crippen LogP) is 4.36. The highest BCUT2D eigenvalue weighted by Gasteiger charge is 2.44. The number of piperidine rings is 1. The van der Waals surface area contributed by atoms with Crippen molar-refractivity contribution in [2.75, 3.05) is 82.1 Å². The minimum atomic E-state index is -1.70. The topological polar surface area (TPSA) is 279 Å². The molecule has 4 rings (SSSR count). The molecule has 0 unspecified atom stereocenters. The lowest BCUT2D eigenvalue weighted by Gasteiger charge is -2.39. The van der Waals surface area contributed by atoms with Gasteiger partial charge in [-0.05, 0) is 134 Å². The standard InChI is InChI=1S/C68H104ClIN12O12/c1-18-44(8)59-66(93)77(13)39-57(85)75(11)40-58(86)79(15)53(36-45-25-27-47(69)28-26-45)64(91)76(12)38-55(83)71-49(35-46-23-22-24-48(70)34-46)60(87)72-51(32-42(4)5)63(90)81(17)68(9,10)67(94)73-50(31-41(2)3)62(89)80(16)54(65(92)82-29-20-19-21-30-82)37-56(84)78(14)52(33-43(6)7)61(88)74-59/h22-28,34,41-44,49-54,59H,18-21,29-33,35-40H2,1-17H3,(H,71,83)(H,72,87)(H,73,94)(H,74,88)/t44-,49-,50-,51-,52-,53-,54-,59-/m0/s1. The Bertz CT molecular complexity index is 3010. The van der Waals surface area contributed by atoms with Crippen LogP contribution in [0.1, 0.15) is 132 Å². The van der Waals surface area contributed by atoms with Crippen LogP contribution in [0.3, 0.4) is 0 Å². The number of halogens is 2. The lowest BCUT2D eigenvalue weighted by Crippen LogP contribution is -2.63. The second kappa shape index (κ2) is 36.3. The zero-order valence-corrected chi connectivity index (χ0v) is 61.2. The smallest absolute Gasteiger partial charge is 0.246 e. The molecule has 4 N–H and O–H groups in total. The maximum Gasteiger partial charge on any atom is 0.246 e. The average Bonchev–Trinajstić information content (AvgIpc) is 0.828. The van der Waals surface area contributed by atoms with Gasteiger partial charge >= 0.3 is 0 Å². The molecule has 0 aliphatic carbocycles. The molecular formula is C68H104ClIN12O12. The number of carbonyl (C=O) groups is 12. The zero-order chi connectivity index (χ0) is 70.8. The molecule has 2 aliphatic heterocycles. The summed E-state index contributed by atoms with van der Waals surface area (Å²) in [7, 11) is 9.77. The molecule has 0 aromatic heterocycles. The molecule has 12 amide bonds. The van der Waals surface area contributed by atoms with Crippen LogP contribution in [0.5, 0.6) is 0 Å². The van der Waals surface area contributed by atoms with Crippen LogP contribution < -0.4 is 21.3 Å². The quantitative estimate of drug-likeness (QED) is 0.204. The lowest BCUT2D eigenvalue weighted by atomic mass is 9.95. The van der Waals surface area contributed by atoms with Gasteiger partial charge in [0, 0.05) is 83.9 Å². The highest BCUT2D eigenvalue weighted by atomic mass is 127. The Hall–Kier alpha value is -6.90. The van der Waals surface area contributed by atoms with E-state index in [1.807, 2.05) is 60.6 Å². The van der Waals surface area contributed by atoms with Gasteiger partial charge in [0.1, 0.15) is 47.8 Å². The number of nitrogens with zero attached hydrogens (tertiary/aromatic N) is 8. The van der Waals surface area contributed by atoms with E-state index in [0.717, 1.165) is 24.7 Å².